The van der Waals surface area contributed by atoms with Crippen LogP contribution in [0.15, 0.2) is 51.2 Å². The fourth-order valence-electron chi connectivity index (χ4n) is 2.53. The highest BCUT2D eigenvalue weighted by Crippen LogP contribution is 2.31. The maximum atomic E-state index is 5.62. The lowest BCUT2D eigenvalue weighted by atomic mass is 10.3. The molecule has 0 atom stereocenters. The molecule has 0 aliphatic rings. The van der Waals surface area contributed by atoms with Crippen LogP contribution in [0.2, 0.25) is 0 Å². The molecule has 0 saturated carbocycles. The molecule has 0 radical (unpaired) electrons. The molecule has 0 unspecified atom stereocenters. The second-order valence-corrected chi connectivity index (χ2v) is 8.08. The molecule has 0 fully saturated rings. The Morgan fingerprint density at radius 2 is 2.17 bits per heavy atom. The topological polar surface area (TPSA) is 43.0 Å². The van der Waals surface area contributed by atoms with Crippen LogP contribution in [0.5, 0.6) is 0 Å². The number of anilines is 1. The maximum absolute atomic E-state index is 5.62. The number of hydrogen-bond donors (Lipinski definition) is 1. The highest BCUT2D eigenvalue weighted by molar-refractivity contribution is 8.01. The van der Waals surface area contributed by atoms with Crippen molar-refractivity contribution in [2.45, 2.75) is 17.9 Å². The third kappa shape index (κ3) is 2.94. The molecule has 0 amide bonds. The van der Waals surface area contributed by atoms with Gasteiger partial charge >= 0.3 is 0 Å². The van der Waals surface area contributed by atoms with Gasteiger partial charge in [0.1, 0.15) is 0 Å². The second kappa shape index (κ2) is 6.58. The van der Waals surface area contributed by atoms with Crippen molar-refractivity contribution < 1.29 is 4.42 Å². The molecule has 2 aromatic heterocycles. The molecule has 0 saturated heterocycles. The third-order valence-electron chi connectivity index (χ3n) is 3.65. The van der Waals surface area contributed by atoms with Crippen LogP contribution in [-0.2, 0) is 6.67 Å². The first-order valence-electron chi connectivity index (χ1n) is 7.60. The van der Waals surface area contributed by atoms with Crippen molar-refractivity contribution in [2.24, 2.45) is 0 Å². The number of rotatable bonds is 5. The first-order valence-corrected chi connectivity index (χ1v) is 9.81. The van der Waals surface area contributed by atoms with E-state index in [1.165, 1.54) is 4.70 Å². The summed E-state index contributed by atoms with van der Waals surface area (Å²) in [5.74, 6) is 1.04. The Morgan fingerprint density at radius 3 is 3.04 bits per heavy atom. The summed E-state index contributed by atoms with van der Waals surface area (Å²) in [5, 5.41) is 3.42. The quantitative estimate of drug-likeness (QED) is 0.356. The molecule has 4 aromatic rings. The van der Waals surface area contributed by atoms with Crippen molar-refractivity contribution in [2.75, 3.05) is 11.1 Å². The Morgan fingerprint density at radius 1 is 1.29 bits per heavy atom. The van der Waals surface area contributed by atoms with Crippen molar-refractivity contribution in [1.82, 2.24) is 9.55 Å². The van der Waals surface area contributed by atoms with Gasteiger partial charge in [0.05, 0.1) is 22.4 Å². The third-order valence-corrected chi connectivity index (χ3v) is 6.00. The van der Waals surface area contributed by atoms with Crippen LogP contribution >= 0.6 is 35.3 Å². The number of nitrogens with one attached hydrogen (secondary N) is 1. The summed E-state index contributed by atoms with van der Waals surface area (Å²) in [4.78, 5) is 5.10. The maximum Gasteiger partial charge on any atom is 0.271 e. The van der Waals surface area contributed by atoms with Gasteiger partial charge in [-0.25, -0.2) is 4.98 Å². The zero-order valence-electron chi connectivity index (χ0n) is 13.0. The molecule has 2 heterocycles. The second-order valence-electron chi connectivity index (χ2n) is 5.19. The van der Waals surface area contributed by atoms with Crippen LogP contribution in [0.3, 0.4) is 0 Å². The average molecular weight is 374 g/mol. The lowest BCUT2D eigenvalue weighted by Gasteiger charge is -2.07. The van der Waals surface area contributed by atoms with Gasteiger partial charge in [-0.2, -0.15) is 0 Å². The fourth-order valence-corrected chi connectivity index (χ4v) is 4.79. The predicted molar refractivity (Wildman–Crippen MR) is 105 cm³/mol. The van der Waals surface area contributed by atoms with Gasteiger partial charge in [0, 0.05) is 5.69 Å². The predicted octanol–water partition coefficient (Wildman–Crippen LogP) is 5.76. The Hall–Kier alpha value is -1.83. The van der Waals surface area contributed by atoms with Gasteiger partial charge in [-0.05, 0) is 48.3 Å². The smallest absolute Gasteiger partial charge is 0.271 e. The van der Waals surface area contributed by atoms with Crippen molar-refractivity contribution in [1.29, 1.82) is 0 Å². The zero-order valence-corrected chi connectivity index (χ0v) is 15.4. The molecule has 24 heavy (non-hydrogen) atoms. The molecule has 0 spiro atoms. The Balaban J connectivity index is 1.59. The van der Waals surface area contributed by atoms with Crippen LogP contribution in [0, 0.1) is 4.84 Å². The van der Waals surface area contributed by atoms with Gasteiger partial charge in [-0.15, -0.1) is 11.3 Å². The van der Waals surface area contributed by atoms with Gasteiger partial charge in [0.25, 0.3) is 4.84 Å². The van der Waals surface area contributed by atoms with E-state index in [0.29, 0.717) is 11.5 Å². The van der Waals surface area contributed by atoms with Crippen LogP contribution in [-0.4, -0.2) is 15.3 Å². The number of thiazole rings is 1. The highest BCUT2D eigenvalue weighted by Gasteiger charge is 2.07. The number of aromatic nitrogens is 2. The lowest BCUT2D eigenvalue weighted by molar-refractivity contribution is 0.546. The monoisotopic (exact) mass is 373 g/mol. The standard InChI is InChI=1S/C17H15N3OS3/c1-2-23-16-19-12-8-7-11(9-15(12)24-16)18-10-20-13-5-3-4-6-14(13)21-17(20)22/h3-9,18H,2,10H2,1H3. The summed E-state index contributed by atoms with van der Waals surface area (Å²) in [7, 11) is 0. The van der Waals surface area contributed by atoms with E-state index < -0.39 is 0 Å². The van der Waals surface area contributed by atoms with Crippen LogP contribution in [0.25, 0.3) is 21.3 Å². The minimum atomic E-state index is 0.476. The summed E-state index contributed by atoms with van der Waals surface area (Å²) in [5.41, 5.74) is 3.90. The van der Waals surface area contributed by atoms with E-state index in [9.17, 15) is 0 Å². The molecular formula is C17H15N3OS3. The number of para-hydroxylation sites is 2. The number of fused-ring (bicyclic) bond motifs is 2. The summed E-state index contributed by atoms with van der Waals surface area (Å²) in [6, 6.07) is 14.1. The van der Waals surface area contributed by atoms with E-state index in [1.807, 2.05) is 34.9 Å². The number of benzene rings is 2. The van der Waals surface area contributed by atoms with Gasteiger partial charge in [-0.1, -0.05) is 30.8 Å². The van der Waals surface area contributed by atoms with E-state index in [2.05, 4.69) is 29.4 Å². The minimum Gasteiger partial charge on any atom is -0.429 e. The molecule has 0 aliphatic heterocycles. The van der Waals surface area contributed by atoms with E-state index in [0.717, 1.165) is 32.4 Å². The first kappa shape index (κ1) is 15.7. The highest BCUT2D eigenvalue weighted by atomic mass is 32.2. The average Bonchev–Trinajstić information content (AvgIpc) is 3.12. The van der Waals surface area contributed by atoms with E-state index in [-0.39, 0.29) is 0 Å². The van der Waals surface area contributed by atoms with Gasteiger partial charge in [-0.3, -0.25) is 4.57 Å². The van der Waals surface area contributed by atoms with E-state index in [1.54, 1.807) is 23.1 Å². The first-order chi connectivity index (χ1) is 11.7. The number of nitrogens with zero attached hydrogens (tertiary/aromatic N) is 2. The molecule has 4 rings (SSSR count). The van der Waals surface area contributed by atoms with Gasteiger partial charge < -0.3 is 9.73 Å². The number of thioether (sulfide) groups is 1. The van der Waals surface area contributed by atoms with E-state index >= 15 is 0 Å². The van der Waals surface area contributed by atoms with E-state index in [4.69, 9.17) is 16.6 Å². The molecule has 2 aromatic carbocycles. The zero-order chi connectivity index (χ0) is 16.5. The molecule has 122 valence electrons. The molecule has 0 aliphatic carbocycles. The van der Waals surface area contributed by atoms with Crippen molar-refractivity contribution in [3.05, 3.63) is 47.3 Å². The number of hydrogen-bond acceptors (Lipinski definition) is 6. The summed E-state index contributed by atoms with van der Waals surface area (Å²) < 4.78 is 9.88. The summed E-state index contributed by atoms with van der Waals surface area (Å²) in [6.45, 7) is 2.71. The largest absolute Gasteiger partial charge is 0.429 e. The van der Waals surface area contributed by atoms with Crippen molar-refractivity contribution in [3.8, 4) is 0 Å². The Kier molecular flexibility index (Phi) is 4.30. The number of oxazole rings is 1. The van der Waals surface area contributed by atoms with Gasteiger partial charge in [0.2, 0.25) is 0 Å². The molecule has 0 bridgehead atoms. The lowest BCUT2D eigenvalue weighted by Crippen LogP contribution is -2.07. The molecule has 7 heteroatoms. The molecule has 1 N–H and O–H groups in total. The summed E-state index contributed by atoms with van der Waals surface area (Å²) in [6.07, 6.45) is 0. The summed E-state index contributed by atoms with van der Waals surface area (Å²) >= 11 is 8.83. The van der Waals surface area contributed by atoms with Crippen molar-refractivity contribution in [3.63, 3.8) is 0 Å². The Labute approximate surface area is 152 Å². The van der Waals surface area contributed by atoms with Crippen LogP contribution in [0.1, 0.15) is 6.92 Å². The molecular weight excluding hydrogens is 358 g/mol. The van der Waals surface area contributed by atoms with Crippen LogP contribution in [0.4, 0.5) is 5.69 Å². The minimum absolute atomic E-state index is 0.476. The molecule has 4 nitrogen and oxygen atoms in total. The normalized spacial score (nSPS) is 11.4. The van der Waals surface area contributed by atoms with Crippen molar-refractivity contribution >= 4 is 62.3 Å². The van der Waals surface area contributed by atoms with Crippen LogP contribution < -0.4 is 5.32 Å². The fraction of sp³-hybridized carbons (Fsp3) is 0.176. The SMILES string of the molecule is CCSc1nc2ccc(NCn3c(=S)oc4ccccc43)cc2s1. The van der Waals surface area contributed by atoms with Gasteiger partial charge in [0.15, 0.2) is 9.92 Å². The Bertz CT molecular complexity index is 1060.